The van der Waals surface area contributed by atoms with Gasteiger partial charge >= 0.3 is 6.09 Å². The lowest BCUT2D eigenvalue weighted by Crippen LogP contribution is -2.32. The molecule has 0 unspecified atom stereocenters. The predicted molar refractivity (Wildman–Crippen MR) is 131 cm³/mol. The molecule has 4 aromatic rings. The summed E-state index contributed by atoms with van der Waals surface area (Å²) in [5.41, 5.74) is 8.56. The third-order valence-electron chi connectivity index (χ3n) is 6.43. The molecule has 1 heterocycles. The minimum atomic E-state index is -0.891. The molecule has 1 aliphatic heterocycles. The summed E-state index contributed by atoms with van der Waals surface area (Å²) in [6.07, 6.45) is -0.907. The molecule has 5 rings (SSSR count). The fourth-order valence-electron chi connectivity index (χ4n) is 4.86. The van der Waals surface area contributed by atoms with Crippen molar-refractivity contribution in [2.45, 2.75) is 11.5 Å². The van der Waals surface area contributed by atoms with E-state index in [0.717, 1.165) is 16.7 Å². The quantitative estimate of drug-likeness (QED) is 0.394. The van der Waals surface area contributed by atoms with Crippen molar-refractivity contribution in [1.29, 1.82) is 0 Å². The minimum absolute atomic E-state index is 0.224. The number of carbonyl (C=O) groups excluding carboxylic acids is 1. The van der Waals surface area contributed by atoms with E-state index < -0.39 is 23.4 Å². The van der Waals surface area contributed by atoms with Gasteiger partial charge in [-0.05, 0) is 28.8 Å². The van der Waals surface area contributed by atoms with Gasteiger partial charge in [-0.3, -0.25) is 4.90 Å². The molecule has 0 aromatic heterocycles. The van der Waals surface area contributed by atoms with Crippen molar-refractivity contribution in [2.75, 3.05) is 18.0 Å². The second-order valence-corrected chi connectivity index (χ2v) is 8.36. The van der Waals surface area contributed by atoms with Gasteiger partial charge < -0.3 is 10.5 Å². The highest BCUT2D eigenvalue weighted by molar-refractivity contribution is 5.89. The number of amides is 1. The van der Waals surface area contributed by atoms with Crippen LogP contribution >= 0.6 is 0 Å². The third kappa shape index (κ3) is 3.64. The minimum Gasteiger partial charge on any atom is -0.443 e. The normalized spacial score (nSPS) is 15.9. The van der Waals surface area contributed by atoms with Crippen molar-refractivity contribution in [3.63, 3.8) is 0 Å². The summed E-state index contributed by atoms with van der Waals surface area (Å²) in [6.45, 7) is 0.525. The number of halogens is 1. The number of hydrogen-bond donors (Lipinski definition) is 1. The molecule has 0 radical (unpaired) electrons. The van der Waals surface area contributed by atoms with Crippen LogP contribution in [0.4, 0.5) is 14.9 Å². The van der Waals surface area contributed by atoms with E-state index in [0.29, 0.717) is 17.8 Å². The molecule has 1 fully saturated rings. The summed E-state index contributed by atoms with van der Waals surface area (Å²) in [4.78, 5) is 13.8. The molecule has 2 N–H and O–H groups in total. The summed E-state index contributed by atoms with van der Waals surface area (Å²) in [5.74, 6) is -0.405. The summed E-state index contributed by atoms with van der Waals surface area (Å²) >= 11 is 0. The maximum Gasteiger partial charge on any atom is 0.414 e. The predicted octanol–water partition coefficient (Wildman–Crippen LogP) is 5.49. The van der Waals surface area contributed by atoms with Crippen LogP contribution in [0.25, 0.3) is 0 Å². The Morgan fingerprint density at radius 2 is 1.32 bits per heavy atom. The summed E-state index contributed by atoms with van der Waals surface area (Å²) in [6, 6.07) is 34.8. The van der Waals surface area contributed by atoms with Gasteiger partial charge in [0.1, 0.15) is 11.9 Å². The molecule has 170 valence electrons. The second-order valence-electron chi connectivity index (χ2n) is 8.36. The van der Waals surface area contributed by atoms with Gasteiger partial charge in [0.2, 0.25) is 0 Å². The molecule has 0 spiro atoms. The molecule has 0 aliphatic carbocycles. The number of nitrogens with two attached hydrogens (primary N) is 1. The van der Waals surface area contributed by atoms with Crippen LogP contribution in [0.1, 0.15) is 22.3 Å². The van der Waals surface area contributed by atoms with Gasteiger partial charge in [0, 0.05) is 12.1 Å². The van der Waals surface area contributed by atoms with Gasteiger partial charge in [0.15, 0.2) is 0 Å². The Morgan fingerprint density at radius 3 is 1.74 bits per heavy atom. The van der Waals surface area contributed by atoms with E-state index in [4.69, 9.17) is 10.5 Å². The Hall–Kier alpha value is -3.96. The second kappa shape index (κ2) is 9.12. The first-order valence-electron chi connectivity index (χ1n) is 11.3. The number of anilines is 1. The maximum absolute atomic E-state index is 16.2. The highest BCUT2D eigenvalue weighted by Gasteiger charge is 2.41. The van der Waals surface area contributed by atoms with Gasteiger partial charge in [-0.25, -0.2) is 9.18 Å². The lowest BCUT2D eigenvalue weighted by atomic mass is 9.65. The number of nitrogens with zero attached hydrogens (tertiary/aromatic N) is 1. The van der Waals surface area contributed by atoms with Crippen molar-refractivity contribution >= 4 is 11.8 Å². The Labute approximate surface area is 198 Å². The first-order valence-corrected chi connectivity index (χ1v) is 11.3. The van der Waals surface area contributed by atoms with Crippen LogP contribution in [0.5, 0.6) is 0 Å². The number of cyclic esters (lactones) is 1. The molecule has 1 saturated heterocycles. The standard InChI is InChI=1S/C29H25FN2O2/c30-27-18-24(32-20-25(19-31)34-28(32)33)16-17-26(27)29(21-10-4-1-5-11-21,22-12-6-2-7-13-22)23-14-8-3-9-15-23/h1-18,25H,19-20,31H2/t25-/m0/s1. The van der Waals surface area contributed by atoms with Crippen molar-refractivity contribution < 1.29 is 13.9 Å². The van der Waals surface area contributed by atoms with Gasteiger partial charge in [-0.1, -0.05) is 97.1 Å². The Balaban J connectivity index is 1.74. The van der Waals surface area contributed by atoms with Gasteiger partial charge in [0.05, 0.1) is 17.6 Å². The monoisotopic (exact) mass is 452 g/mol. The van der Waals surface area contributed by atoms with E-state index in [-0.39, 0.29) is 6.54 Å². The molecule has 1 aliphatic rings. The zero-order chi connectivity index (χ0) is 23.5. The van der Waals surface area contributed by atoms with Crippen LogP contribution in [0.2, 0.25) is 0 Å². The van der Waals surface area contributed by atoms with E-state index in [2.05, 4.69) is 0 Å². The maximum atomic E-state index is 16.2. The van der Waals surface area contributed by atoms with Crippen molar-refractivity contribution in [2.24, 2.45) is 5.73 Å². The SMILES string of the molecule is NC[C@H]1CN(c2ccc(C(c3ccccc3)(c3ccccc3)c3ccccc3)c(F)c2)C(=O)O1. The number of rotatable bonds is 6. The average Bonchev–Trinajstić information content (AvgIpc) is 3.28. The number of ether oxygens (including phenoxy) is 1. The molecule has 34 heavy (non-hydrogen) atoms. The molecular weight excluding hydrogens is 427 g/mol. The molecule has 4 aromatic carbocycles. The molecule has 5 heteroatoms. The van der Waals surface area contributed by atoms with E-state index in [1.54, 1.807) is 12.1 Å². The molecule has 1 amide bonds. The summed E-state index contributed by atoms with van der Waals surface area (Å²) < 4.78 is 21.4. The molecule has 0 saturated carbocycles. The number of benzene rings is 4. The van der Waals surface area contributed by atoms with E-state index in [1.165, 1.54) is 11.0 Å². The Bertz CT molecular complexity index is 1180. The number of hydrogen-bond acceptors (Lipinski definition) is 3. The fourth-order valence-corrected chi connectivity index (χ4v) is 4.86. The highest BCUT2D eigenvalue weighted by atomic mass is 19.1. The largest absolute Gasteiger partial charge is 0.443 e. The van der Waals surface area contributed by atoms with Crippen molar-refractivity contribution in [3.8, 4) is 0 Å². The average molecular weight is 453 g/mol. The first-order chi connectivity index (χ1) is 16.6. The summed E-state index contributed by atoms with van der Waals surface area (Å²) in [7, 11) is 0. The topological polar surface area (TPSA) is 55.6 Å². The van der Waals surface area contributed by atoms with Crippen molar-refractivity contribution in [1.82, 2.24) is 0 Å². The Kier molecular flexibility index (Phi) is 5.86. The van der Waals surface area contributed by atoms with Crippen LogP contribution in [-0.4, -0.2) is 25.3 Å². The first kappa shape index (κ1) is 21.9. The van der Waals surface area contributed by atoms with Gasteiger partial charge in [0.25, 0.3) is 0 Å². The van der Waals surface area contributed by atoms with Crippen LogP contribution in [0, 0.1) is 5.82 Å². The number of carbonyl (C=O) groups is 1. The zero-order valence-electron chi connectivity index (χ0n) is 18.6. The molecule has 1 atom stereocenters. The lowest BCUT2D eigenvalue weighted by Gasteiger charge is -2.37. The van der Waals surface area contributed by atoms with Crippen LogP contribution in [-0.2, 0) is 10.2 Å². The third-order valence-corrected chi connectivity index (χ3v) is 6.43. The molecular formula is C29H25FN2O2. The molecule has 0 bridgehead atoms. The highest BCUT2D eigenvalue weighted by Crippen LogP contribution is 2.46. The van der Waals surface area contributed by atoms with E-state index >= 15 is 4.39 Å². The van der Waals surface area contributed by atoms with Gasteiger partial charge in [-0.2, -0.15) is 0 Å². The van der Waals surface area contributed by atoms with Crippen molar-refractivity contribution in [3.05, 3.63) is 137 Å². The summed E-state index contributed by atoms with van der Waals surface area (Å²) in [5, 5.41) is 0. The van der Waals surface area contributed by atoms with Crippen LogP contribution in [0.3, 0.4) is 0 Å². The van der Waals surface area contributed by atoms with Crippen LogP contribution in [0.15, 0.2) is 109 Å². The molecule has 4 nitrogen and oxygen atoms in total. The lowest BCUT2D eigenvalue weighted by molar-refractivity contribution is 0.145. The smallest absolute Gasteiger partial charge is 0.414 e. The Morgan fingerprint density at radius 1 is 0.824 bits per heavy atom. The van der Waals surface area contributed by atoms with E-state index in [9.17, 15) is 4.79 Å². The van der Waals surface area contributed by atoms with Crippen LogP contribution < -0.4 is 10.6 Å². The van der Waals surface area contributed by atoms with E-state index in [1.807, 2.05) is 91.0 Å². The zero-order valence-corrected chi connectivity index (χ0v) is 18.6. The fraction of sp³-hybridized carbons (Fsp3) is 0.138. The van der Waals surface area contributed by atoms with Gasteiger partial charge in [-0.15, -0.1) is 0 Å².